The maximum absolute atomic E-state index is 13.0. The molecule has 34 heavy (non-hydrogen) atoms. The van der Waals surface area contributed by atoms with Gasteiger partial charge >= 0.3 is 12.6 Å². The first-order chi connectivity index (χ1) is 16.0. The number of aromatic nitrogens is 1. The third-order valence-electron chi connectivity index (χ3n) is 5.13. The number of nitrogens with zero attached hydrogens (tertiary/aromatic N) is 2. The summed E-state index contributed by atoms with van der Waals surface area (Å²) < 4.78 is 36.1. The van der Waals surface area contributed by atoms with E-state index in [4.69, 9.17) is 10.5 Å². The van der Waals surface area contributed by atoms with Crippen LogP contribution in [0.15, 0.2) is 48.5 Å². The molecule has 1 atom stereocenters. The Hall–Kier alpha value is -4.28. The van der Waals surface area contributed by atoms with Gasteiger partial charge in [-0.3, -0.25) is 14.9 Å². The number of Topliss-reactive ketones (excluding diaryl/α,β-unsaturated/α-hetero) is 1. The molecule has 0 aliphatic rings. The van der Waals surface area contributed by atoms with E-state index >= 15 is 0 Å². The number of benzene rings is 2. The van der Waals surface area contributed by atoms with Crippen LogP contribution in [0.2, 0.25) is 0 Å². The summed E-state index contributed by atoms with van der Waals surface area (Å²) in [6.45, 7) is 1.92. The zero-order chi connectivity index (χ0) is 25.2. The van der Waals surface area contributed by atoms with Crippen LogP contribution in [0.5, 0.6) is 5.75 Å². The Morgan fingerprint density at radius 2 is 1.74 bits per heavy atom. The number of ether oxygens (including phenoxy) is 2. The molecule has 11 heteroatoms. The molecule has 0 spiro atoms. The van der Waals surface area contributed by atoms with Crippen molar-refractivity contribution < 1.29 is 32.8 Å². The monoisotopic (exact) mass is 473 g/mol. The lowest BCUT2D eigenvalue weighted by atomic mass is 10.1. The van der Waals surface area contributed by atoms with Crippen molar-refractivity contribution in [1.29, 1.82) is 0 Å². The van der Waals surface area contributed by atoms with E-state index in [1.54, 1.807) is 36.6 Å². The number of halogens is 2. The molecule has 9 nitrogen and oxygen atoms in total. The topological polar surface area (TPSA) is 127 Å². The molecule has 2 aromatic carbocycles. The number of esters is 1. The molecule has 0 aliphatic heterocycles. The molecule has 0 bridgehead atoms. The van der Waals surface area contributed by atoms with E-state index in [2.05, 4.69) is 4.74 Å². The van der Waals surface area contributed by atoms with Crippen LogP contribution in [0.3, 0.4) is 0 Å². The number of nitrogens with two attached hydrogens (primary N) is 1. The number of rotatable bonds is 8. The second-order valence-corrected chi connectivity index (χ2v) is 7.44. The molecule has 3 aromatic rings. The standard InChI is InChI=1S/C23H21F2N3O6/c1-12-10-18(13(2)27(12)16-5-7-17(8-6-16)34-23(24)25)21(29)14(3)33-22(30)15-4-9-19(26)20(11-15)28(31)32/h4-11,14,23H,26H2,1-3H3/t14-/m0/s1. The normalized spacial score (nSPS) is 11.8. The first kappa shape index (κ1) is 24.4. The maximum Gasteiger partial charge on any atom is 0.387 e. The molecule has 0 fully saturated rings. The van der Waals surface area contributed by atoms with Crippen LogP contribution in [0.4, 0.5) is 20.2 Å². The number of alkyl halides is 2. The molecule has 178 valence electrons. The smallest absolute Gasteiger partial charge is 0.387 e. The highest BCUT2D eigenvalue weighted by atomic mass is 19.3. The highest BCUT2D eigenvalue weighted by molar-refractivity contribution is 6.02. The first-order valence-electron chi connectivity index (χ1n) is 10.0. The highest BCUT2D eigenvalue weighted by Gasteiger charge is 2.26. The maximum atomic E-state index is 13.0. The summed E-state index contributed by atoms with van der Waals surface area (Å²) in [6, 6.07) is 11.0. The van der Waals surface area contributed by atoms with Gasteiger partial charge < -0.3 is 19.8 Å². The Bertz CT molecular complexity index is 1250. The van der Waals surface area contributed by atoms with Crippen LogP contribution in [0.25, 0.3) is 5.69 Å². The number of carbonyl (C=O) groups is 2. The number of carbonyl (C=O) groups excluding carboxylic acids is 2. The molecule has 0 saturated carbocycles. The van der Waals surface area contributed by atoms with Gasteiger partial charge in [0.15, 0.2) is 6.10 Å². The number of nitro benzene ring substituents is 1. The molecular formula is C23H21F2N3O6. The lowest BCUT2D eigenvalue weighted by molar-refractivity contribution is -0.383. The summed E-state index contributed by atoms with van der Waals surface area (Å²) >= 11 is 0. The van der Waals surface area contributed by atoms with Gasteiger partial charge in [-0.1, -0.05) is 0 Å². The van der Waals surface area contributed by atoms with E-state index in [1.807, 2.05) is 0 Å². The van der Waals surface area contributed by atoms with E-state index in [-0.39, 0.29) is 17.0 Å². The van der Waals surface area contributed by atoms with Crippen molar-refractivity contribution in [3.8, 4) is 11.4 Å². The lowest BCUT2D eigenvalue weighted by Crippen LogP contribution is -2.25. The van der Waals surface area contributed by atoms with Crippen molar-refractivity contribution in [1.82, 2.24) is 4.57 Å². The molecule has 1 heterocycles. The van der Waals surface area contributed by atoms with E-state index < -0.39 is 35.1 Å². The van der Waals surface area contributed by atoms with E-state index in [9.17, 15) is 28.5 Å². The number of hydrogen-bond acceptors (Lipinski definition) is 7. The molecule has 0 radical (unpaired) electrons. The number of anilines is 1. The summed E-state index contributed by atoms with van der Waals surface area (Å²) in [6.07, 6.45) is -1.18. The predicted molar refractivity (Wildman–Crippen MR) is 119 cm³/mol. The summed E-state index contributed by atoms with van der Waals surface area (Å²) in [5.74, 6) is -1.39. The van der Waals surface area contributed by atoms with Gasteiger partial charge in [-0.05, 0) is 63.2 Å². The predicted octanol–water partition coefficient (Wildman–Crippen LogP) is 4.61. The van der Waals surface area contributed by atoms with Gasteiger partial charge in [-0.2, -0.15) is 8.78 Å². The second-order valence-electron chi connectivity index (χ2n) is 7.44. The van der Waals surface area contributed by atoms with Crippen LogP contribution in [0, 0.1) is 24.0 Å². The average molecular weight is 473 g/mol. The molecular weight excluding hydrogens is 452 g/mol. The number of nitro groups is 1. The molecule has 1 aromatic heterocycles. The number of aryl methyl sites for hydroxylation is 1. The van der Waals surface area contributed by atoms with Crippen LogP contribution >= 0.6 is 0 Å². The minimum Gasteiger partial charge on any atom is -0.451 e. The van der Waals surface area contributed by atoms with E-state index in [0.29, 0.717) is 22.6 Å². The Morgan fingerprint density at radius 1 is 1.09 bits per heavy atom. The van der Waals surface area contributed by atoms with Crippen molar-refractivity contribution in [2.45, 2.75) is 33.5 Å². The van der Waals surface area contributed by atoms with Crippen molar-refractivity contribution in [3.05, 3.63) is 81.2 Å². The number of nitrogen functional groups attached to an aromatic ring is 1. The summed E-state index contributed by atoms with van der Waals surface area (Å²) in [5.41, 5.74) is 7.04. The fourth-order valence-corrected chi connectivity index (χ4v) is 3.52. The van der Waals surface area contributed by atoms with Gasteiger partial charge in [-0.25, -0.2) is 4.79 Å². The Kier molecular flexibility index (Phi) is 6.94. The highest BCUT2D eigenvalue weighted by Crippen LogP contribution is 2.26. The average Bonchev–Trinajstić information content (AvgIpc) is 3.07. The van der Waals surface area contributed by atoms with Gasteiger partial charge in [0.05, 0.1) is 10.5 Å². The quantitative estimate of drug-likeness (QED) is 0.166. The van der Waals surface area contributed by atoms with Gasteiger partial charge in [0, 0.05) is 28.7 Å². The molecule has 0 amide bonds. The fourth-order valence-electron chi connectivity index (χ4n) is 3.52. The third-order valence-corrected chi connectivity index (χ3v) is 5.13. The molecule has 3 rings (SSSR count). The zero-order valence-corrected chi connectivity index (χ0v) is 18.5. The summed E-state index contributed by atoms with van der Waals surface area (Å²) in [7, 11) is 0. The van der Waals surface area contributed by atoms with Crippen molar-refractivity contribution in [2.75, 3.05) is 5.73 Å². The van der Waals surface area contributed by atoms with Crippen LogP contribution in [-0.2, 0) is 4.74 Å². The third kappa shape index (κ3) is 5.03. The van der Waals surface area contributed by atoms with E-state index in [1.165, 1.54) is 31.2 Å². The summed E-state index contributed by atoms with van der Waals surface area (Å²) in [4.78, 5) is 35.8. The van der Waals surface area contributed by atoms with Gasteiger partial charge in [0.1, 0.15) is 11.4 Å². The number of ketones is 1. The minimum atomic E-state index is -2.94. The second kappa shape index (κ2) is 9.69. The lowest BCUT2D eigenvalue weighted by Gasteiger charge is -2.14. The van der Waals surface area contributed by atoms with Crippen LogP contribution < -0.4 is 10.5 Å². The zero-order valence-electron chi connectivity index (χ0n) is 18.5. The Balaban J connectivity index is 1.80. The molecule has 0 unspecified atom stereocenters. The SMILES string of the molecule is Cc1cc(C(=O)[C@H](C)OC(=O)c2ccc(N)c([N+](=O)[O-])c2)c(C)n1-c1ccc(OC(F)F)cc1. The Morgan fingerprint density at radius 3 is 2.32 bits per heavy atom. The van der Waals surface area contributed by atoms with Crippen molar-refractivity contribution >= 4 is 23.1 Å². The summed E-state index contributed by atoms with van der Waals surface area (Å²) in [5, 5.41) is 11.0. The van der Waals surface area contributed by atoms with E-state index in [0.717, 1.165) is 6.07 Å². The van der Waals surface area contributed by atoms with Crippen LogP contribution in [-0.4, -0.2) is 34.0 Å². The molecule has 2 N–H and O–H groups in total. The molecule has 0 aliphatic carbocycles. The number of hydrogen-bond donors (Lipinski definition) is 1. The van der Waals surface area contributed by atoms with Gasteiger partial charge in [-0.15, -0.1) is 0 Å². The minimum absolute atomic E-state index is 0.000881. The van der Waals surface area contributed by atoms with Gasteiger partial charge in [0.25, 0.3) is 5.69 Å². The van der Waals surface area contributed by atoms with Gasteiger partial charge in [0.2, 0.25) is 5.78 Å². The van der Waals surface area contributed by atoms with Crippen molar-refractivity contribution in [3.63, 3.8) is 0 Å². The first-order valence-corrected chi connectivity index (χ1v) is 10.0. The largest absolute Gasteiger partial charge is 0.451 e. The Labute approximate surface area is 192 Å². The van der Waals surface area contributed by atoms with Crippen molar-refractivity contribution in [2.24, 2.45) is 0 Å². The molecule has 0 saturated heterocycles. The van der Waals surface area contributed by atoms with Crippen LogP contribution in [0.1, 0.15) is 39.0 Å². The fraction of sp³-hybridized carbons (Fsp3) is 0.217.